The largest absolute Gasteiger partial charge is 0.383 e. The summed E-state index contributed by atoms with van der Waals surface area (Å²) in [5.74, 6) is 0.249. The minimum absolute atomic E-state index is 0.249. The Morgan fingerprint density at radius 1 is 1.04 bits per heavy atom. The fourth-order valence-electron chi connectivity index (χ4n) is 4.10. The molecular formula is C19H25N5O. The first-order chi connectivity index (χ1) is 12.1. The maximum atomic E-state index is 12.0. The molecule has 2 aliphatic carbocycles. The highest BCUT2D eigenvalue weighted by Gasteiger charge is 2.26. The van der Waals surface area contributed by atoms with Crippen molar-refractivity contribution < 1.29 is 0 Å². The molecule has 1 heterocycles. The summed E-state index contributed by atoms with van der Waals surface area (Å²) in [5, 5.41) is 3.81. The van der Waals surface area contributed by atoms with Crippen LogP contribution in [0.4, 0.5) is 5.82 Å². The standard InChI is InChI=1S/C19H25N5O/c20-14-2-4-15(5-3-14)22-16-9-12-1-6-17(11-13(12)10-16)24-8-7-18(21)23-19(24)25/h1,6-8,11,14-16,22H,2-5,9-10,20H2,(H2,21,23,25). The number of nitrogens with two attached hydrogens (primary N) is 2. The maximum Gasteiger partial charge on any atom is 0.354 e. The highest BCUT2D eigenvalue weighted by molar-refractivity contribution is 5.44. The van der Waals surface area contributed by atoms with Crippen LogP contribution >= 0.6 is 0 Å². The maximum absolute atomic E-state index is 12.0. The van der Waals surface area contributed by atoms with Crippen LogP contribution in [-0.2, 0) is 12.8 Å². The average Bonchev–Trinajstić information content (AvgIpc) is 2.98. The molecule has 132 valence electrons. The van der Waals surface area contributed by atoms with Gasteiger partial charge in [-0.25, -0.2) is 4.79 Å². The molecule has 2 aliphatic rings. The van der Waals surface area contributed by atoms with E-state index in [1.165, 1.54) is 24.0 Å². The smallest absolute Gasteiger partial charge is 0.354 e. The second kappa shape index (κ2) is 6.61. The highest BCUT2D eigenvalue weighted by atomic mass is 16.1. The van der Waals surface area contributed by atoms with Crippen LogP contribution in [0, 0.1) is 0 Å². The Balaban J connectivity index is 1.48. The summed E-state index contributed by atoms with van der Waals surface area (Å²) in [6, 6.07) is 9.31. The van der Waals surface area contributed by atoms with Crippen LogP contribution in [0.2, 0.25) is 0 Å². The third kappa shape index (κ3) is 3.45. The molecule has 0 bridgehead atoms. The van der Waals surface area contributed by atoms with Crippen LogP contribution in [-0.4, -0.2) is 27.7 Å². The molecule has 1 aromatic carbocycles. The number of hydrogen-bond donors (Lipinski definition) is 3. The number of anilines is 1. The van der Waals surface area contributed by atoms with Gasteiger partial charge in [-0.3, -0.25) is 4.57 Å². The average molecular weight is 339 g/mol. The fourth-order valence-corrected chi connectivity index (χ4v) is 4.10. The zero-order valence-corrected chi connectivity index (χ0v) is 14.3. The van der Waals surface area contributed by atoms with Gasteiger partial charge in [-0.1, -0.05) is 6.07 Å². The van der Waals surface area contributed by atoms with E-state index in [2.05, 4.69) is 22.4 Å². The van der Waals surface area contributed by atoms with Crippen LogP contribution in [0.15, 0.2) is 35.3 Å². The number of benzene rings is 1. The van der Waals surface area contributed by atoms with Crippen molar-refractivity contribution in [1.82, 2.24) is 14.9 Å². The zero-order valence-electron chi connectivity index (χ0n) is 14.3. The Morgan fingerprint density at radius 2 is 1.80 bits per heavy atom. The molecule has 0 radical (unpaired) electrons. The number of fused-ring (bicyclic) bond motifs is 1. The molecule has 2 aromatic rings. The predicted octanol–water partition coefficient (Wildman–Crippen LogP) is 1.14. The van der Waals surface area contributed by atoms with Crippen molar-refractivity contribution in [3.8, 4) is 5.69 Å². The monoisotopic (exact) mass is 339 g/mol. The molecule has 1 unspecified atom stereocenters. The molecule has 1 atom stereocenters. The van der Waals surface area contributed by atoms with E-state index in [0.29, 0.717) is 18.1 Å². The van der Waals surface area contributed by atoms with E-state index < -0.39 is 0 Å². The highest BCUT2D eigenvalue weighted by Crippen LogP contribution is 2.26. The number of aromatic nitrogens is 2. The van der Waals surface area contributed by atoms with E-state index in [-0.39, 0.29) is 11.5 Å². The first kappa shape index (κ1) is 16.3. The molecule has 0 saturated heterocycles. The van der Waals surface area contributed by atoms with Crippen molar-refractivity contribution in [2.45, 2.75) is 56.7 Å². The van der Waals surface area contributed by atoms with Crippen molar-refractivity contribution >= 4 is 5.82 Å². The van der Waals surface area contributed by atoms with Gasteiger partial charge in [-0.05, 0) is 67.9 Å². The Kier molecular flexibility index (Phi) is 4.31. The first-order valence-electron chi connectivity index (χ1n) is 9.07. The normalized spacial score (nSPS) is 25.7. The summed E-state index contributed by atoms with van der Waals surface area (Å²) in [5.41, 5.74) is 14.8. The van der Waals surface area contributed by atoms with Gasteiger partial charge >= 0.3 is 5.69 Å². The predicted molar refractivity (Wildman–Crippen MR) is 98.8 cm³/mol. The van der Waals surface area contributed by atoms with Crippen molar-refractivity contribution in [2.24, 2.45) is 5.73 Å². The van der Waals surface area contributed by atoms with E-state index in [1.807, 2.05) is 6.07 Å². The summed E-state index contributed by atoms with van der Waals surface area (Å²) in [6.45, 7) is 0. The molecule has 4 rings (SSSR count). The quantitative estimate of drug-likeness (QED) is 0.779. The van der Waals surface area contributed by atoms with Gasteiger partial charge in [0.25, 0.3) is 0 Å². The lowest BCUT2D eigenvalue weighted by Gasteiger charge is -2.29. The van der Waals surface area contributed by atoms with E-state index in [9.17, 15) is 4.79 Å². The molecule has 0 aliphatic heterocycles. The molecule has 0 amide bonds. The summed E-state index contributed by atoms with van der Waals surface area (Å²) in [6.07, 6.45) is 8.32. The number of nitrogens with one attached hydrogen (secondary N) is 1. The van der Waals surface area contributed by atoms with Crippen molar-refractivity contribution in [2.75, 3.05) is 5.73 Å². The lowest BCUT2D eigenvalue weighted by molar-refractivity contribution is 0.316. The van der Waals surface area contributed by atoms with E-state index >= 15 is 0 Å². The van der Waals surface area contributed by atoms with Crippen LogP contribution in [0.3, 0.4) is 0 Å². The summed E-state index contributed by atoms with van der Waals surface area (Å²) in [4.78, 5) is 15.8. The lowest BCUT2D eigenvalue weighted by Crippen LogP contribution is -2.43. The Bertz CT molecular complexity index is 823. The van der Waals surface area contributed by atoms with Crippen LogP contribution in [0.25, 0.3) is 5.69 Å². The van der Waals surface area contributed by atoms with E-state index in [0.717, 1.165) is 31.4 Å². The number of rotatable bonds is 3. The number of hydrogen-bond acceptors (Lipinski definition) is 5. The number of nitrogens with zero attached hydrogens (tertiary/aromatic N) is 2. The Hall–Kier alpha value is -2.18. The van der Waals surface area contributed by atoms with Crippen LogP contribution in [0.1, 0.15) is 36.8 Å². The molecule has 5 N–H and O–H groups in total. The van der Waals surface area contributed by atoms with Gasteiger partial charge in [-0.2, -0.15) is 4.98 Å². The van der Waals surface area contributed by atoms with Gasteiger partial charge in [0, 0.05) is 24.3 Å². The number of nitrogen functional groups attached to an aromatic ring is 1. The Labute approximate surface area is 147 Å². The van der Waals surface area contributed by atoms with Crippen LogP contribution in [0.5, 0.6) is 0 Å². The first-order valence-corrected chi connectivity index (χ1v) is 9.07. The summed E-state index contributed by atoms with van der Waals surface area (Å²) < 4.78 is 1.54. The Morgan fingerprint density at radius 3 is 2.56 bits per heavy atom. The van der Waals surface area contributed by atoms with Gasteiger partial charge in [0.05, 0.1) is 5.69 Å². The molecule has 6 heteroatoms. The topological polar surface area (TPSA) is 99.0 Å². The van der Waals surface area contributed by atoms with Crippen LogP contribution < -0.4 is 22.5 Å². The van der Waals surface area contributed by atoms with Crippen molar-refractivity contribution in [3.05, 3.63) is 52.1 Å². The van der Waals surface area contributed by atoms with Gasteiger partial charge in [-0.15, -0.1) is 0 Å². The zero-order chi connectivity index (χ0) is 17.4. The molecule has 0 spiro atoms. The van der Waals surface area contributed by atoms with Gasteiger partial charge in [0.15, 0.2) is 0 Å². The SMILES string of the molecule is Nc1ccn(-c2ccc3c(c2)CC(NC2CCC(N)CC2)C3)c(=O)n1. The van der Waals surface area contributed by atoms with Crippen molar-refractivity contribution in [1.29, 1.82) is 0 Å². The third-order valence-electron chi connectivity index (χ3n) is 5.47. The molecule has 25 heavy (non-hydrogen) atoms. The second-order valence-electron chi connectivity index (χ2n) is 7.34. The minimum atomic E-state index is -0.342. The molecule has 6 nitrogen and oxygen atoms in total. The van der Waals surface area contributed by atoms with Gasteiger partial charge < -0.3 is 16.8 Å². The molecular weight excluding hydrogens is 314 g/mol. The van der Waals surface area contributed by atoms with Crippen molar-refractivity contribution in [3.63, 3.8) is 0 Å². The second-order valence-corrected chi connectivity index (χ2v) is 7.34. The third-order valence-corrected chi connectivity index (χ3v) is 5.47. The molecule has 1 saturated carbocycles. The summed E-state index contributed by atoms with van der Waals surface area (Å²) >= 11 is 0. The van der Waals surface area contributed by atoms with E-state index in [4.69, 9.17) is 11.5 Å². The van der Waals surface area contributed by atoms with Gasteiger partial charge in [0.2, 0.25) is 0 Å². The fraction of sp³-hybridized carbons (Fsp3) is 0.474. The molecule has 1 fully saturated rings. The van der Waals surface area contributed by atoms with E-state index in [1.54, 1.807) is 16.8 Å². The molecule has 1 aromatic heterocycles. The lowest BCUT2D eigenvalue weighted by atomic mass is 9.91. The minimum Gasteiger partial charge on any atom is -0.383 e. The van der Waals surface area contributed by atoms with Gasteiger partial charge in [0.1, 0.15) is 5.82 Å². The summed E-state index contributed by atoms with van der Waals surface area (Å²) in [7, 11) is 0.